The zero-order valence-electron chi connectivity index (χ0n) is 15.4. The highest BCUT2D eigenvalue weighted by Gasteiger charge is 2.33. The molecule has 0 aromatic carbocycles. The minimum absolute atomic E-state index is 0.0283. The zero-order chi connectivity index (χ0) is 18.0. The molecule has 3 heterocycles. The molecule has 0 N–H and O–H groups in total. The number of hydrogen-bond acceptors (Lipinski definition) is 5. The topological polar surface area (TPSA) is 67.2 Å². The van der Waals surface area contributed by atoms with Crippen molar-refractivity contribution in [3.8, 4) is 0 Å². The van der Waals surface area contributed by atoms with Crippen LogP contribution in [-0.4, -0.2) is 56.1 Å². The van der Waals surface area contributed by atoms with Crippen LogP contribution in [0.25, 0.3) is 0 Å². The van der Waals surface area contributed by atoms with Crippen LogP contribution in [0, 0.1) is 6.92 Å². The van der Waals surface area contributed by atoms with Crippen molar-refractivity contribution in [2.75, 3.05) is 20.6 Å². The number of hydrogen-bond donors (Lipinski definition) is 0. The van der Waals surface area contributed by atoms with Crippen LogP contribution >= 0.6 is 0 Å². The van der Waals surface area contributed by atoms with Gasteiger partial charge in [0.15, 0.2) is 11.5 Å². The first-order valence-corrected chi connectivity index (χ1v) is 8.81. The highest BCUT2D eigenvalue weighted by Crippen LogP contribution is 2.31. The van der Waals surface area contributed by atoms with E-state index in [2.05, 4.69) is 20.0 Å². The van der Waals surface area contributed by atoms with E-state index in [1.807, 2.05) is 49.7 Å². The van der Waals surface area contributed by atoms with Crippen LogP contribution in [0.1, 0.15) is 53.5 Å². The highest BCUT2D eigenvalue weighted by atomic mass is 16.2. The number of aryl methyl sites for hydroxylation is 2. The van der Waals surface area contributed by atoms with Crippen molar-refractivity contribution in [2.24, 2.45) is 0 Å². The predicted molar refractivity (Wildman–Crippen MR) is 95.1 cm³/mol. The smallest absolute Gasteiger partial charge is 0.274 e. The maximum Gasteiger partial charge on any atom is 0.274 e. The molecule has 1 atom stereocenters. The number of carbonyl (C=O) groups excluding carboxylic acids is 1. The first-order valence-electron chi connectivity index (χ1n) is 8.81. The summed E-state index contributed by atoms with van der Waals surface area (Å²) < 4.78 is 1.85. The van der Waals surface area contributed by atoms with E-state index in [4.69, 9.17) is 0 Å². The van der Waals surface area contributed by atoms with Gasteiger partial charge in [-0.05, 0) is 52.9 Å². The molecule has 1 saturated heterocycles. The molecule has 0 radical (unpaired) electrons. The second kappa shape index (κ2) is 7.31. The molecule has 1 aliphatic rings. The van der Waals surface area contributed by atoms with E-state index in [9.17, 15) is 4.79 Å². The molecule has 1 fully saturated rings. The Bertz CT molecular complexity index is 754. The summed E-state index contributed by atoms with van der Waals surface area (Å²) in [7, 11) is 4.03. The summed E-state index contributed by atoms with van der Waals surface area (Å²) >= 11 is 0. The molecule has 1 unspecified atom stereocenters. The van der Waals surface area contributed by atoms with E-state index in [0.29, 0.717) is 5.69 Å². The minimum atomic E-state index is -0.0679. The Balaban J connectivity index is 1.83. The predicted octanol–water partition coefficient (Wildman–Crippen LogP) is 2.04. The van der Waals surface area contributed by atoms with Gasteiger partial charge in [-0.25, -0.2) is 9.97 Å². The van der Waals surface area contributed by atoms with Crippen LogP contribution in [-0.2, 0) is 13.1 Å². The number of rotatable bonds is 5. The van der Waals surface area contributed by atoms with Crippen molar-refractivity contribution in [1.82, 2.24) is 29.5 Å². The van der Waals surface area contributed by atoms with Crippen LogP contribution < -0.4 is 0 Å². The molecular formula is C18H26N6O. The SMILES string of the molecule is CCn1nc(C(=O)N2CCCC2c2nccc(CN(C)C)n2)cc1C. The van der Waals surface area contributed by atoms with Gasteiger partial charge in [-0.1, -0.05) is 0 Å². The Labute approximate surface area is 148 Å². The van der Waals surface area contributed by atoms with Gasteiger partial charge < -0.3 is 9.80 Å². The number of aromatic nitrogens is 4. The first kappa shape index (κ1) is 17.5. The van der Waals surface area contributed by atoms with Crippen LogP contribution in [0.3, 0.4) is 0 Å². The number of nitrogens with zero attached hydrogens (tertiary/aromatic N) is 6. The van der Waals surface area contributed by atoms with Gasteiger partial charge in [-0.15, -0.1) is 0 Å². The summed E-state index contributed by atoms with van der Waals surface area (Å²) in [6, 6.07) is 3.73. The lowest BCUT2D eigenvalue weighted by atomic mass is 10.2. The van der Waals surface area contributed by atoms with Gasteiger partial charge in [0, 0.05) is 31.5 Å². The van der Waals surface area contributed by atoms with Crippen LogP contribution in [0.5, 0.6) is 0 Å². The van der Waals surface area contributed by atoms with E-state index in [1.54, 1.807) is 6.20 Å². The van der Waals surface area contributed by atoms with Gasteiger partial charge in [0.25, 0.3) is 5.91 Å². The number of likely N-dealkylation sites (tertiary alicyclic amines) is 1. The molecule has 2 aromatic rings. The van der Waals surface area contributed by atoms with Crippen molar-refractivity contribution >= 4 is 5.91 Å². The first-order chi connectivity index (χ1) is 12.0. The molecule has 0 saturated carbocycles. The van der Waals surface area contributed by atoms with Gasteiger partial charge in [-0.2, -0.15) is 5.10 Å². The molecule has 3 rings (SSSR count). The molecule has 7 heteroatoms. The average molecular weight is 342 g/mol. The van der Waals surface area contributed by atoms with E-state index < -0.39 is 0 Å². The minimum Gasteiger partial charge on any atom is -0.327 e. The summed E-state index contributed by atoms with van der Waals surface area (Å²) in [5, 5.41) is 4.44. The third-order valence-corrected chi connectivity index (χ3v) is 4.52. The molecule has 134 valence electrons. The Kier molecular flexibility index (Phi) is 5.13. The maximum atomic E-state index is 13.0. The van der Waals surface area contributed by atoms with Crippen molar-refractivity contribution in [3.05, 3.63) is 41.2 Å². The fourth-order valence-electron chi connectivity index (χ4n) is 3.35. The Hall–Kier alpha value is -2.28. The summed E-state index contributed by atoms with van der Waals surface area (Å²) in [5.74, 6) is 0.705. The average Bonchev–Trinajstić information content (AvgIpc) is 3.20. The van der Waals surface area contributed by atoms with Crippen molar-refractivity contribution in [2.45, 2.75) is 45.8 Å². The van der Waals surface area contributed by atoms with E-state index in [1.165, 1.54) is 0 Å². The van der Waals surface area contributed by atoms with Crippen molar-refractivity contribution < 1.29 is 4.79 Å². The van der Waals surface area contributed by atoms with E-state index >= 15 is 0 Å². The summed E-state index contributed by atoms with van der Waals surface area (Å²) in [4.78, 5) is 26.0. The molecule has 0 bridgehead atoms. The molecule has 0 aliphatic carbocycles. The standard InChI is InChI=1S/C18H26N6O/c1-5-24-13(2)11-15(21-24)18(25)23-10-6-7-16(23)17-19-9-8-14(20-17)12-22(3)4/h8-9,11,16H,5-7,10,12H2,1-4H3. The van der Waals surface area contributed by atoms with Crippen molar-refractivity contribution in [1.29, 1.82) is 0 Å². The Morgan fingerprint density at radius 2 is 2.20 bits per heavy atom. The van der Waals surface area contributed by atoms with E-state index in [0.717, 1.165) is 49.7 Å². The zero-order valence-corrected chi connectivity index (χ0v) is 15.4. The normalized spacial score (nSPS) is 17.5. The van der Waals surface area contributed by atoms with Crippen molar-refractivity contribution in [3.63, 3.8) is 0 Å². The molecule has 1 amide bonds. The third-order valence-electron chi connectivity index (χ3n) is 4.52. The summed E-state index contributed by atoms with van der Waals surface area (Å²) in [6.45, 7) is 6.25. The largest absolute Gasteiger partial charge is 0.327 e. The Morgan fingerprint density at radius 3 is 2.88 bits per heavy atom. The molecule has 2 aromatic heterocycles. The monoisotopic (exact) mass is 342 g/mol. The summed E-state index contributed by atoms with van der Waals surface area (Å²) in [5.41, 5.74) is 2.49. The fourth-order valence-corrected chi connectivity index (χ4v) is 3.35. The van der Waals surface area contributed by atoms with E-state index in [-0.39, 0.29) is 11.9 Å². The lowest BCUT2D eigenvalue weighted by Gasteiger charge is -2.23. The van der Waals surface area contributed by atoms with Gasteiger partial charge in [-0.3, -0.25) is 9.48 Å². The molecule has 7 nitrogen and oxygen atoms in total. The van der Waals surface area contributed by atoms with Crippen LogP contribution in [0.15, 0.2) is 18.3 Å². The maximum absolute atomic E-state index is 13.0. The van der Waals surface area contributed by atoms with Gasteiger partial charge in [0.1, 0.15) is 0 Å². The van der Waals surface area contributed by atoms with Gasteiger partial charge in [0.2, 0.25) is 0 Å². The van der Waals surface area contributed by atoms with Crippen LogP contribution in [0.4, 0.5) is 0 Å². The lowest BCUT2D eigenvalue weighted by molar-refractivity contribution is 0.0722. The van der Waals surface area contributed by atoms with Gasteiger partial charge in [0.05, 0.1) is 11.7 Å². The summed E-state index contributed by atoms with van der Waals surface area (Å²) in [6.07, 6.45) is 3.65. The Morgan fingerprint density at radius 1 is 1.40 bits per heavy atom. The number of carbonyl (C=O) groups is 1. The molecule has 0 spiro atoms. The third kappa shape index (κ3) is 3.71. The molecule has 25 heavy (non-hydrogen) atoms. The molecule has 1 aliphatic heterocycles. The second-order valence-corrected chi connectivity index (χ2v) is 6.79. The highest BCUT2D eigenvalue weighted by molar-refractivity contribution is 5.92. The quantitative estimate of drug-likeness (QED) is 0.832. The lowest BCUT2D eigenvalue weighted by Crippen LogP contribution is -2.32. The second-order valence-electron chi connectivity index (χ2n) is 6.79. The van der Waals surface area contributed by atoms with Crippen LogP contribution in [0.2, 0.25) is 0 Å². The van der Waals surface area contributed by atoms with Gasteiger partial charge >= 0.3 is 0 Å². The number of amides is 1. The fraction of sp³-hybridized carbons (Fsp3) is 0.556. The molecular weight excluding hydrogens is 316 g/mol.